The molecule has 2 saturated heterocycles. The van der Waals surface area contributed by atoms with Crippen molar-refractivity contribution in [2.45, 2.75) is 38.0 Å². The van der Waals surface area contributed by atoms with E-state index in [4.69, 9.17) is 0 Å². The zero-order valence-electron chi connectivity index (χ0n) is 15.6. The number of guanidine groups is 1. The highest BCUT2D eigenvalue weighted by Crippen LogP contribution is 2.22. The minimum absolute atomic E-state index is 0.728. The molecule has 0 saturated carbocycles. The third-order valence-electron chi connectivity index (χ3n) is 5.22. The molecule has 25 heavy (non-hydrogen) atoms. The zero-order chi connectivity index (χ0) is 17.5. The zero-order valence-corrected chi connectivity index (χ0v) is 17.2. The van der Waals surface area contributed by atoms with Gasteiger partial charge in [0.15, 0.2) is 5.96 Å². The second-order valence-corrected chi connectivity index (χ2v) is 9.54. The number of piperidine rings is 1. The van der Waals surface area contributed by atoms with Crippen molar-refractivity contribution in [3.63, 3.8) is 0 Å². The van der Waals surface area contributed by atoms with Crippen molar-refractivity contribution in [3.05, 3.63) is 22.4 Å². The van der Waals surface area contributed by atoms with Gasteiger partial charge in [-0.1, -0.05) is 13.0 Å². The molecule has 1 aromatic heterocycles. The summed E-state index contributed by atoms with van der Waals surface area (Å²) in [5.74, 6) is 3.05. The van der Waals surface area contributed by atoms with Crippen molar-refractivity contribution in [2.75, 3.05) is 45.5 Å². The molecule has 1 N–H and O–H groups in total. The van der Waals surface area contributed by atoms with Crippen molar-refractivity contribution < 1.29 is 0 Å². The first-order chi connectivity index (χ1) is 12.3. The van der Waals surface area contributed by atoms with Gasteiger partial charge in [0.25, 0.3) is 0 Å². The number of hydrogen-bond acceptors (Lipinski definition) is 4. The van der Waals surface area contributed by atoms with Gasteiger partial charge in [-0.2, -0.15) is 11.8 Å². The molecule has 0 aliphatic carbocycles. The number of aliphatic imine (C=N–C) groups is 1. The van der Waals surface area contributed by atoms with Crippen LogP contribution in [0.15, 0.2) is 22.5 Å². The molecule has 2 aliphatic heterocycles. The van der Waals surface area contributed by atoms with Crippen molar-refractivity contribution in [1.82, 2.24) is 15.1 Å². The standard InChI is InChI=1S/C19H32N4S2/c1-3-17-15-23(9-11-25-17)19(20-2)21-12-16-6-4-8-22(13-16)14-18-7-5-10-24-18/h5,7,10,16-17H,3-4,6,8-9,11-15H2,1-2H3,(H,20,21). The molecule has 0 amide bonds. The Hall–Kier alpha value is -0.720. The van der Waals surface area contributed by atoms with Crippen LogP contribution in [0.25, 0.3) is 0 Å². The summed E-state index contributed by atoms with van der Waals surface area (Å²) in [5, 5.41) is 6.61. The lowest BCUT2D eigenvalue weighted by atomic mass is 9.98. The van der Waals surface area contributed by atoms with E-state index in [1.54, 1.807) is 0 Å². The van der Waals surface area contributed by atoms with Gasteiger partial charge in [0.1, 0.15) is 0 Å². The highest BCUT2D eigenvalue weighted by Gasteiger charge is 2.24. The first-order valence-electron chi connectivity index (χ1n) is 9.60. The van der Waals surface area contributed by atoms with Crippen LogP contribution < -0.4 is 5.32 Å². The number of thioether (sulfide) groups is 1. The molecule has 2 unspecified atom stereocenters. The summed E-state index contributed by atoms with van der Waals surface area (Å²) in [6.07, 6.45) is 3.89. The van der Waals surface area contributed by atoms with E-state index in [1.807, 2.05) is 18.4 Å². The van der Waals surface area contributed by atoms with Crippen LogP contribution in [0.2, 0.25) is 0 Å². The number of rotatable bonds is 5. The Labute approximate surface area is 161 Å². The quantitative estimate of drug-likeness (QED) is 0.627. The van der Waals surface area contributed by atoms with Crippen LogP contribution in [-0.2, 0) is 6.54 Å². The van der Waals surface area contributed by atoms with Crippen LogP contribution in [0.5, 0.6) is 0 Å². The van der Waals surface area contributed by atoms with Gasteiger partial charge in [0.2, 0.25) is 0 Å². The maximum Gasteiger partial charge on any atom is 0.193 e. The van der Waals surface area contributed by atoms with Crippen LogP contribution in [0, 0.1) is 5.92 Å². The molecule has 0 bridgehead atoms. The van der Waals surface area contributed by atoms with Crippen molar-refractivity contribution in [3.8, 4) is 0 Å². The summed E-state index contributed by atoms with van der Waals surface area (Å²) >= 11 is 3.99. The molecule has 4 nitrogen and oxygen atoms in total. The monoisotopic (exact) mass is 380 g/mol. The molecule has 0 aromatic carbocycles. The van der Waals surface area contributed by atoms with Gasteiger partial charge in [-0.3, -0.25) is 9.89 Å². The van der Waals surface area contributed by atoms with Crippen LogP contribution in [0.4, 0.5) is 0 Å². The van der Waals surface area contributed by atoms with E-state index in [2.05, 4.69) is 56.3 Å². The lowest BCUT2D eigenvalue weighted by Crippen LogP contribution is -2.50. The van der Waals surface area contributed by atoms with E-state index in [1.165, 1.54) is 43.0 Å². The fourth-order valence-electron chi connectivity index (χ4n) is 3.81. The average molecular weight is 381 g/mol. The summed E-state index contributed by atoms with van der Waals surface area (Å²) in [7, 11) is 1.93. The Balaban J connectivity index is 1.46. The summed E-state index contributed by atoms with van der Waals surface area (Å²) in [6.45, 7) is 9.16. The summed E-state index contributed by atoms with van der Waals surface area (Å²) < 4.78 is 0. The maximum atomic E-state index is 4.55. The minimum atomic E-state index is 0.728. The Morgan fingerprint density at radius 2 is 2.28 bits per heavy atom. The van der Waals surface area contributed by atoms with Gasteiger partial charge in [0, 0.05) is 55.7 Å². The van der Waals surface area contributed by atoms with E-state index < -0.39 is 0 Å². The predicted octanol–water partition coefficient (Wildman–Crippen LogP) is 3.36. The predicted molar refractivity (Wildman–Crippen MR) is 112 cm³/mol. The Bertz CT molecular complexity index is 532. The van der Waals surface area contributed by atoms with E-state index in [9.17, 15) is 0 Å². The van der Waals surface area contributed by atoms with E-state index in [0.29, 0.717) is 0 Å². The van der Waals surface area contributed by atoms with Gasteiger partial charge in [-0.05, 0) is 43.2 Å². The average Bonchev–Trinajstić information content (AvgIpc) is 3.16. The number of thiophene rings is 1. The van der Waals surface area contributed by atoms with Crippen LogP contribution in [-0.4, -0.2) is 66.5 Å². The molecule has 2 fully saturated rings. The van der Waals surface area contributed by atoms with E-state index in [-0.39, 0.29) is 0 Å². The smallest absolute Gasteiger partial charge is 0.193 e. The Morgan fingerprint density at radius 3 is 3.04 bits per heavy atom. The molecule has 3 heterocycles. The normalized spacial score (nSPS) is 26.0. The van der Waals surface area contributed by atoms with Crippen LogP contribution >= 0.6 is 23.1 Å². The molecular weight excluding hydrogens is 348 g/mol. The van der Waals surface area contributed by atoms with Crippen molar-refractivity contribution in [1.29, 1.82) is 0 Å². The minimum Gasteiger partial charge on any atom is -0.356 e. The lowest BCUT2D eigenvalue weighted by molar-refractivity contribution is 0.169. The summed E-state index contributed by atoms with van der Waals surface area (Å²) in [6, 6.07) is 4.42. The fraction of sp³-hybridized carbons (Fsp3) is 0.737. The van der Waals surface area contributed by atoms with Crippen molar-refractivity contribution in [2.24, 2.45) is 10.9 Å². The number of nitrogens with one attached hydrogen (secondary N) is 1. The molecule has 2 atom stereocenters. The van der Waals surface area contributed by atoms with Gasteiger partial charge >= 0.3 is 0 Å². The molecule has 0 radical (unpaired) electrons. The molecule has 1 aromatic rings. The third kappa shape index (κ3) is 5.63. The van der Waals surface area contributed by atoms with Crippen molar-refractivity contribution >= 4 is 29.1 Å². The first kappa shape index (κ1) is 19.1. The largest absolute Gasteiger partial charge is 0.356 e. The van der Waals surface area contributed by atoms with Gasteiger partial charge in [-0.25, -0.2) is 0 Å². The van der Waals surface area contributed by atoms with Gasteiger partial charge in [0.05, 0.1) is 0 Å². The number of hydrogen-bond donors (Lipinski definition) is 1. The Kier molecular flexibility index (Phi) is 7.49. The second kappa shape index (κ2) is 9.83. The van der Waals surface area contributed by atoms with E-state index in [0.717, 1.165) is 43.3 Å². The fourth-order valence-corrected chi connectivity index (χ4v) is 5.74. The Morgan fingerprint density at radius 1 is 1.36 bits per heavy atom. The topological polar surface area (TPSA) is 30.9 Å². The highest BCUT2D eigenvalue weighted by atomic mass is 32.2. The molecule has 3 rings (SSSR count). The SMILES string of the molecule is CCC1CN(C(=NC)NCC2CCCN(Cc3cccs3)C2)CCS1. The van der Waals surface area contributed by atoms with E-state index >= 15 is 0 Å². The number of likely N-dealkylation sites (tertiary alicyclic amines) is 1. The second-order valence-electron chi connectivity index (χ2n) is 7.10. The van der Waals surface area contributed by atoms with Crippen LogP contribution in [0.1, 0.15) is 31.1 Å². The molecule has 2 aliphatic rings. The lowest BCUT2D eigenvalue weighted by Gasteiger charge is -2.36. The van der Waals surface area contributed by atoms with Gasteiger partial charge in [-0.15, -0.1) is 11.3 Å². The third-order valence-corrected chi connectivity index (χ3v) is 7.45. The number of nitrogens with zero attached hydrogens (tertiary/aromatic N) is 3. The van der Waals surface area contributed by atoms with Gasteiger partial charge < -0.3 is 10.2 Å². The maximum absolute atomic E-state index is 4.55. The summed E-state index contributed by atoms with van der Waals surface area (Å²) in [4.78, 5) is 11.1. The molecule has 6 heteroatoms. The highest BCUT2D eigenvalue weighted by molar-refractivity contribution is 8.00. The molecular formula is C19H32N4S2. The van der Waals surface area contributed by atoms with Crippen LogP contribution in [0.3, 0.4) is 0 Å². The first-order valence-corrected chi connectivity index (χ1v) is 11.5. The summed E-state index contributed by atoms with van der Waals surface area (Å²) in [5.41, 5.74) is 0. The molecule has 140 valence electrons. The molecule has 0 spiro atoms.